The Labute approximate surface area is 175 Å². The molecule has 0 saturated carbocycles. The Hall–Kier alpha value is -1.36. The molecule has 0 aromatic heterocycles. The van der Waals surface area contributed by atoms with E-state index in [0.717, 1.165) is 17.5 Å². The molecule has 0 aliphatic heterocycles. The highest BCUT2D eigenvalue weighted by Crippen LogP contribution is 2.49. The van der Waals surface area contributed by atoms with Crippen molar-refractivity contribution in [3.8, 4) is 5.75 Å². The Kier molecular flexibility index (Phi) is 9.39. The van der Waals surface area contributed by atoms with Crippen LogP contribution in [0.4, 0.5) is 0 Å². The average Bonchev–Trinajstić information content (AvgIpc) is 2.60. The summed E-state index contributed by atoms with van der Waals surface area (Å²) in [6.07, 6.45) is 0.937. The van der Waals surface area contributed by atoms with Crippen LogP contribution in [0.3, 0.4) is 0 Å². The van der Waals surface area contributed by atoms with Crippen molar-refractivity contribution in [1.29, 1.82) is 0 Å². The van der Waals surface area contributed by atoms with E-state index in [1.165, 1.54) is 7.11 Å². The summed E-state index contributed by atoms with van der Waals surface area (Å²) >= 11 is 0. The van der Waals surface area contributed by atoms with E-state index >= 15 is 0 Å². The average molecular weight is 428 g/mol. The molecule has 0 aliphatic carbocycles. The van der Waals surface area contributed by atoms with Gasteiger partial charge >= 0.3 is 13.5 Å². The molecule has 166 valence electrons. The first-order valence-corrected chi connectivity index (χ1v) is 12.1. The van der Waals surface area contributed by atoms with Crippen molar-refractivity contribution >= 4 is 13.5 Å². The highest BCUT2D eigenvalue weighted by Gasteiger charge is 2.42. The molecule has 3 unspecified atom stereocenters. The summed E-state index contributed by atoms with van der Waals surface area (Å²) in [5.74, 6) is -0.0364. The predicted octanol–water partition coefficient (Wildman–Crippen LogP) is 5.98. The topological polar surface area (TPSA) is 84.9 Å². The largest absolute Gasteiger partial charge is 0.480 e. The van der Waals surface area contributed by atoms with Gasteiger partial charge in [0.2, 0.25) is 0 Å². The molecule has 7 heteroatoms. The minimum absolute atomic E-state index is 0.147. The maximum Gasteiger partial charge on any atom is 0.342 e. The summed E-state index contributed by atoms with van der Waals surface area (Å²) in [4.78, 5) is 12.1. The van der Waals surface area contributed by atoms with Crippen LogP contribution in [0.15, 0.2) is 18.2 Å². The SMILES string of the molecule is CCC(C)CC(C)(NP(=O)(COC)Oc1c(C(C)C)cccc1C(C)C)C(=O)O. The van der Waals surface area contributed by atoms with E-state index in [4.69, 9.17) is 9.26 Å². The molecule has 1 aromatic rings. The Morgan fingerprint density at radius 1 is 1.17 bits per heavy atom. The monoisotopic (exact) mass is 427 g/mol. The van der Waals surface area contributed by atoms with Crippen molar-refractivity contribution in [2.75, 3.05) is 13.5 Å². The van der Waals surface area contributed by atoms with Gasteiger partial charge in [0.15, 0.2) is 0 Å². The van der Waals surface area contributed by atoms with Gasteiger partial charge in [0.05, 0.1) is 0 Å². The maximum atomic E-state index is 13.8. The molecule has 0 saturated heterocycles. The van der Waals surface area contributed by atoms with E-state index in [1.54, 1.807) is 6.92 Å². The number of para-hydroxylation sites is 1. The normalized spacial score (nSPS) is 17.0. The van der Waals surface area contributed by atoms with E-state index in [2.05, 4.69) is 5.09 Å². The maximum absolute atomic E-state index is 13.8. The van der Waals surface area contributed by atoms with Gasteiger partial charge in [-0.3, -0.25) is 9.36 Å². The summed E-state index contributed by atoms with van der Waals surface area (Å²) in [7, 11) is -2.24. The van der Waals surface area contributed by atoms with Gasteiger partial charge in [-0.25, -0.2) is 5.09 Å². The van der Waals surface area contributed by atoms with Crippen LogP contribution in [-0.2, 0) is 14.1 Å². The Morgan fingerprint density at radius 2 is 1.69 bits per heavy atom. The zero-order valence-corrected chi connectivity index (χ0v) is 20.0. The molecule has 3 atom stereocenters. The summed E-state index contributed by atoms with van der Waals surface area (Å²) in [6.45, 7) is 13.7. The molecule has 0 heterocycles. The van der Waals surface area contributed by atoms with E-state index in [9.17, 15) is 14.5 Å². The lowest BCUT2D eigenvalue weighted by atomic mass is 9.89. The second kappa shape index (κ2) is 10.6. The smallest absolute Gasteiger partial charge is 0.342 e. The molecular weight excluding hydrogens is 389 g/mol. The molecule has 0 amide bonds. The first kappa shape index (κ1) is 25.7. The Balaban J connectivity index is 3.43. The lowest BCUT2D eigenvalue weighted by molar-refractivity contribution is -0.144. The number of hydrogen-bond acceptors (Lipinski definition) is 4. The van der Waals surface area contributed by atoms with Gasteiger partial charge in [-0.05, 0) is 42.2 Å². The Bertz CT molecular complexity index is 708. The fourth-order valence-electron chi connectivity index (χ4n) is 3.39. The third kappa shape index (κ3) is 6.84. The van der Waals surface area contributed by atoms with Crippen LogP contribution < -0.4 is 9.61 Å². The first-order valence-electron chi connectivity index (χ1n) is 10.3. The standard InChI is InChI=1S/C22H38NO5P/c1-9-17(6)13-22(7,21(24)25)23-29(26,14-27-8)28-20-18(15(2)3)11-10-12-19(20)16(4)5/h10-12,15-17H,9,13-14H2,1-8H3,(H,23,26)(H,24,25). The van der Waals surface area contributed by atoms with Crippen molar-refractivity contribution in [2.24, 2.45) is 5.92 Å². The lowest BCUT2D eigenvalue weighted by Crippen LogP contribution is -2.50. The third-order valence-electron chi connectivity index (χ3n) is 5.20. The van der Waals surface area contributed by atoms with Crippen LogP contribution in [0.5, 0.6) is 5.75 Å². The zero-order valence-electron chi connectivity index (χ0n) is 19.1. The van der Waals surface area contributed by atoms with E-state index in [1.807, 2.05) is 59.7 Å². The molecule has 0 spiro atoms. The molecular formula is C22H38NO5P. The van der Waals surface area contributed by atoms with Crippen LogP contribution in [0.25, 0.3) is 0 Å². The van der Waals surface area contributed by atoms with Gasteiger partial charge in [0.1, 0.15) is 17.6 Å². The number of methoxy groups -OCH3 is 1. The van der Waals surface area contributed by atoms with Crippen LogP contribution in [0, 0.1) is 5.92 Å². The van der Waals surface area contributed by atoms with Gasteiger partial charge in [-0.1, -0.05) is 66.2 Å². The van der Waals surface area contributed by atoms with E-state index in [0.29, 0.717) is 12.2 Å². The number of nitrogens with one attached hydrogen (secondary N) is 1. The number of carboxylic acids is 1. The highest BCUT2D eigenvalue weighted by molar-refractivity contribution is 7.57. The minimum atomic E-state index is -3.67. The second-order valence-electron chi connectivity index (χ2n) is 8.72. The minimum Gasteiger partial charge on any atom is -0.480 e. The van der Waals surface area contributed by atoms with Gasteiger partial charge in [0.25, 0.3) is 0 Å². The van der Waals surface area contributed by atoms with Crippen molar-refractivity contribution < 1.29 is 23.7 Å². The first-order chi connectivity index (χ1) is 13.4. The lowest BCUT2D eigenvalue weighted by Gasteiger charge is -2.34. The summed E-state index contributed by atoms with van der Waals surface area (Å²) in [5.41, 5.74) is 0.482. The van der Waals surface area contributed by atoms with Crippen LogP contribution in [0.1, 0.15) is 84.3 Å². The van der Waals surface area contributed by atoms with Crippen LogP contribution in [0.2, 0.25) is 0 Å². The van der Waals surface area contributed by atoms with Crippen molar-refractivity contribution in [1.82, 2.24) is 5.09 Å². The third-order valence-corrected chi connectivity index (χ3v) is 7.11. The molecule has 1 aromatic carbocycles. The van der Waals surface area contributed by atoms with E-state index in [-0.39, 0.29) is 24.1 Å². The molecule has 0 bridgehead atoms. The fourth-order valence-corrected chi connectivity index (χ4v) is 5.33. The van der Waals surface area contributed by atoms with E-state index < -0.39 is 19.0 Å². The number of aliphatic carboxylic acids is 1. The highest BCUT2D eigenvalue weighted by atomic mass is 31.2. The molecule has 0 radical (unpaired) electrons. The van der Waals surface area contributed by atoms with Gasteiger partial charge in [0, 0.05) is 7.11 Å². The second-order valence-corrected chi connectivity index (χ2v) is 10.7. The predicted molar refractivity (Wildman–Crippen MR) is 118 cm³/mol. The molecule has 0 fully saturated rings. The quantitative estimate of drug-likeness (QED) is 0.399. The molecule has 2 N–H and O–H groups in total. The van der Waals surface area contributed by atoms with Gasteiger partial charge < -0.3 is 14.4 Å². The van der Waals surface area contributed by atoms with Crippen molar-refractivity contribution in [2.45, 2.75) is 78.7 Å². The van der Waals surface area contributed by atoms with Crippen LogP contribution in [-0.4, -0.2) is 30.1 Å². The zero-order chi connectivity index (χ0) is 22.4. The molecule has 6 nitrogen and oxygen atoms in total. The summed E-state index contributed by atoms with van der Waals surface area (Å²) in [6, 6.07) is 5.88. The number of carboxylic acid groups (broad SMARTS) is 1. The number of rotatable bonds is 12. The number of ether oxygens (including phenoxy) is 1. The van der Waals surface area contributed by atoms with Gasteiger partial charge in [-0.15, -0.1) is 0 Å². The Morgan fingerprint density at radius 3 is 2.07 bits per heavy atom. The van der Waals surface area contributed by atoms with Crippen molar-refractivity contribution in [3.63, 3.8) is 0 Å². The molecule has 29 heavy (non-hydrogen) atoms. The number of carbonyl (C=O) groups is 1. The van der Waals surface area contributed by atoms with Crippen LogP contribution >= 0.6 is 7.52 Å². The summed E-state index contributed by atoms with van der Waals surface area (Å²) in [5, 5.41) is 12.7. The number of hydrogen-bond donors (Lipinski definition) is 2. The van der Waals surface area contributed by atoms with Crippen molar-refractivity contribution in [3.05, 3.63) is 29.3 Å². The fraction of sp³-hybridized carbons (Fsp3) is 0.682. The van der Waals surface area contributed by atoms with Gasteiger partial charge in [-0.2, -0.15) is 0 Å². The summed E-state index contributed by atoms with van der Waals surface area (Å²) < 4.78 is 25.1. The molecule has 1 rings (SSSR count). The number of benzene rings is 1. The molecule has 0 aliphatic rings.